The molecular formula is C13H24N2O5. The van der Waals surface area contributed by atoms with Gasteiger partial charge in [-0.25, -0.2) is 4.79 Å². The second-order valence-electron chi connectivity index (χ2n) is 4.90. The number of carboxylic acid groups (broad SMARTS) is 1. The summed E-state index contributed by atoms with van der Waals surface area (Å²) in [5.74, 6) is -1.12. The third-order valence-corrected chi connectivity index (χ3v) is 3.32. The van der Waals surface area contributed by atoms with Crippen LogP contribution in [-0.4, -0.2) is 56.6 Å². The van der Waals surface area contributed by atoms with Crippen LogP contribution in [0.5, 0.6) is 0 Å². The molecule has 1 saturated carbocycles. The van der Waals surface area contributed by atoms with Crippen LogP contribution in [0.15, 0.2) is 0 Å². The number of carbonyl (C=O) groups excluding carboxylic acids is 1. The topological polar surface area (TPSA) is 96.9 Å². The molecule has 0 aromatic rings. The smallest absolute Gasteiger partial charge is 0.315 e. The first-order chi connectivity index (χ1) is 9.63. The Balaban J connectivity index is 2.10. The molecule has 0 aliphatic heterocycles. The normalized spacial score (nSPS) is 22.2. The number of carbonyl (C=O) groups is 2. The maximum absolute atomic E-state index is 11.6. The van der Waals surface area contributed by atoms with Crippen molar-refractivity contribution < 1.29 is 24.2 Å². The van der Waals surface area contributed by atoms with Crippen molar-refractivity contribution in [2.45, 2.75) is 31.7 Å². The molecule has 0 bridgehead atoms. The average molecular weight is 288 g/mol. The van der Waals surface area contributed by atoms with E-state index in [0.717, 1.165) is 12.8 Å². The lowest BCUT2D eigenvalue weighted by atomic mass is 9.86. The van der Waals surface area contributed by atoms with Gasteiger partial charge in [-0.1, -0.05) is 6.42 Å². The second kappa shape index (κ2) is 9.55. The molecule has 116 valence electrons. The summed E-state index contributed by atoms with van der Waals surface area (Å²) in [5, 5.41) is 14.5. The van der Waals surface area contributed by atoms with Gasteiger partial charge in [-0.2, -0.15) is 0 Å². The highest BCUT2D eigenvalue weighted by Gasteiger charge is 2.27. The molecule has 1 aliphatic rings. The van der Waals surface area contributed by atoms with E-state index in [1.807, 2.05) is 0 Å². The zero-order valence-electron chi connectivity index (χ0n) is 11.9. The van der Waals surface area contributed by atoms with E-state index in [2.05, 4.69) is 10.6 Å². The molecule has 2 atom stereocenters. The van der Waals surface area contributed by atoms with Gasteiger partial charge in [0.25, 0.3) is 0 Å². The Morgan fingerprint density at radius 1 is 1.25 bits per heavy atom. The predicted octanol–water partition coefficient (Wildman–Crippen LogP) is 0.592. The first-order valence-corrected chi connectivity index (χ1v) is 6.97. The first kappa shape index (κ1) is 16.7. The number of rotatable bonds is 8. The van der Waals surface area contributed by atoms with Gasteiger partial charge < -0.3 is 25.2 Å². The minimum atomic E-state index is -0.775. The van der Waals surface area contributed by atoms with Crippen molar-refractivity contribution in [3.05, 3.63) is 0 Å². The molecule has 0 aromatic heterocycles. The van der Waals surface area contributed by atoms with Gasteiger partial charge in [-0.15, -0.1) is 0 Å². The highest BCUT2D eigenvalue weighted by molar-refractivity contribution is 5.74. The van der Waals surface area contributed by atoms with E-state index in [4.69, 9.17) is 14.6 Å². The summed E-state index contributed by atoms with van der Waals surface area (Å²) in [5.41, 5.74) is 0. The van der Waals surface area contributed by atoms with Crippen LogP contribution in [0.25, 0.3) is 0 Å². The standard InChI is InChI=1S/C13H24N2O5/c1-19-7-8-20-6-5-14-13(18)15-11-4-2-3-10(9-11)12(16)17/h10-11H,2-9H2,1H3,(H,16,17)(H2,14,15,18). The van der Waals surface area contributed by atoms with Gasteiger partial charge in [0.2, 0.25) is 0 Å². The van der Waals surface area contributed by atoms with Crippen LogP contribution >= 0.6 is 0 Å². The van der Waals surface area contributed by atoms with Crippen LogP contribution in [0.1, 0.15) is 25.7 Å². The zero-order chi connectivity index (χ0) is 14.8. The van der Waals surface area contributed by atoms with Gasteiger partial charge in [0.1, 0.15) is 0 Å². The van der Waals surface area contributed by atoms with Gasteiger partial charge >= 0.3 is 12.0 Å². The van der Waals surface area contributed by atoms with Gasteiger partial charge in [0.05, 0.1) is 25.7 Å². The number of hydrogen-bond acceptors (Lipinski definition) is 4. The number of urea groups is 1. The largest absolute Gasteiger partial charge is 0.481 e. The molecule has 0 aromatic carbocycles. The summed E-state index contributed by atoms with van der Waals surface area (Å²) in [7, 11) is 1.60. The third kappa shape index (κ3) is 6.72. The molecule has 0 saturated heterocycles. The summed E-state index contributed by atoms with van der Waals surface area (Å²) in [6.07, 6.45) is 2.87. The van der Waals surface area contributed by atoms with E-state index < -0.39 is 5.97 Å². The van der Waals surface area contributed by atoms with Crippen molar-refractivity contribution in [1.82, 2.24) is 10.6 Å². The van der Waals surface area contributed by atoms with Crippen molar-refractivity contribution >= 4 is 12.0 Å². The van der Waals surface area contributed by atoms with Crippen molar-refractivity contribution in [3.63, 3.8) is 0 Å². The van der Waals surface area contributed by atoms with E-state index in [-0.39, 0.29) is 18.0 Å². The molecule has 3 N–H and O–H groups in total. The van der Waals surface area contributed by atoms with E-state index >= 15 is 0 Å². The molecule has 0 radical (unpaired) electrons. The van der Waals surface area contributed by atoms with Crippen LogP contribution < -0.4 is 10.6 Å². The van der Waals surface area contributed by atoms with Crippen molar-refractivity contribution in [3.8, 4) is 0 Å². The Morgan fingerprint density at radius 2 is 2.05 bits per heavy atom. The third-order valence-electron chi connectivity index (χ3n) is 3.32. The summed E-state index contributed by atoms with van der Waals surface area (Å²) < 4.78 is 10.0. The molecule has 20 heavy (non-hydrogen) atoms. The fourth-order valence-corrected chi connectivity index (χ4v) is 2.26. The predicted molar refractivity (Wildman–Crippen MR) is 72.6 cm³/mol. The SMILES string of the molecule is COCCOCCNC(=O)NC1CCCC(C(=O)O)C1. The Kier molecular flexibility index (Phi) is 7.98. The lowest BCUT2D eigenvalue weighted by Crippen LogP contribution is -2.45. The van der Waals surface area contributed by atoms with Gasteiger partial charge in [-0.3, -0.25) is 4.79 Å². The Bertz CT molecular complexity index is 311. The van der Waals surface area contributed by atoms with E-state index in [0.29, 0.717) is 39.2 Å². The van der Waals surface area contributed by atoms with Gasteiger partial charge in [0.15, 0.2) is 0 Å². The van der Waals surface area contributed by atoms with Crippen molar-refractivity contribution in [2.75, 3.05) is 33.5 Å². The van der Waals surface area contributed by atoms with E-state index in [9.17, 15) is 9.59 Å². The number of amides is 2. The minimum absolute atomic E-state index is 0.0562. The number of aliphatic carboxylic acids is 1. The highest BCUT2D eigenvalue weighted by Crippen LogP contribution is 2.24. The van der Waals surface area contributed by atoms with Crippen LogP contribution in [0.4, 0.5) is 4.79 Å². The molecule has 1 rings (SSSR count). The number of ether oxygens (including phenoxy) is 2. The van der Waals surface area contributed by atoms with Crippen molar-refractivity contribution in [2.24, 2.45) is 5.92 Å². The fraction of sp³-hybridized carbons (Fsp3) is 0.846. The number of nitrogens with one attached hydrogen (secondary N) is 2. The Labute approximate surface area is 119 Å². The molecule has 0 heterocycles. The minimum Gasteiger partial charge on any atom is -0.481 e. The second-order valence-corrected chi connectivity index (χ2v) is 4.90. The molecule has 2 unspecified atom stereocenters. The quantitative estimate of drug-likeness (QED) is 0.568. The fourth-order valence-electron chi connectivity index (χ4n) is 2.26. The number of carboxylic acids is 1. The van der Waals surface area contributed by atoms with Crippen LogP contribution in [0, 0.1) is 5.92 Å². The Hall–Kier alpha value is -1.34. The summed E-state index contributed by atoms with van der Waals surface area (Å²) >= 11 is 0. The highest BCUT2D eigenvalue weighted by atomic mass is 16.5. The zero-order valence-corrected chi connectivity index (χ0v) is 11.9. The lowest BCUT2D eigenvalue weighted by molar-refractivity contribution is -0.143. The van der Waals surface area contributed by atoms with E-state index in [1.165, 1.54) is 0 Å². The van der Waals surface area contributed by atoms with Crippen LogP contribution in [-0.2, 0) is 14.3 Å². The van der Waals surface area contributed by atoms with Crippen LogP contribution in [0.2, 0.25) is 0 Å². The lowest BCUT2D eigenvalue weighted by Gasteiger charge is -2.27. The Morgan fingerprint density at radius 3 is 2.75 bits per heavy atom. The molecule has 7 heteroatoms. The van der Waals surface area contributed by atoms with E-state index in [1.54, 1.807) is 7.11 Å². The number of methoxy groups -OCH3 is 1. The number of hydrogen-bond donors (Lipinski definition) is 3. The summed E-state index contributed by atoms with van der Waals surface area (Å²) in [6.45, 7) is 1.89. The summed E-state index contributed by atoms with van der Waals surface area (Å²) in [6, 6.07) is -0.323. The molecule has 2 amide bonds. The van der Waals surface area contributed by atoms with Crippen molar-refractivity contribution in [1.29, 1.82) is 0 Å². The molecular weight excluding hydrogens is 264 g/mol. The average Bonchev–Trinajstić information content (AvgIpc) is 2.43. The maximum Gasteiger partial charge on any atom is 0.315 e. The summed E-state index contributed by atoms with van der Waals surface area (Å²) in [4.78, 5) is 22.6. The first-order valence-electron chi connectivity index (χ1n) is 6.97. The van der Waals surface area contributed by atoms with Gasteiger partial charge in [-0.05, 0) is 19.3 Å². The molecule has 1 aliphatic carbocycles. The molecule has 1 fully saturated rings. The maximum atomic E-state index is 11.6. The molecule has 0 spiro atoms. The van der Waals surface area contributed by atoms with Crippen LogP contribution in [0.3, 0.4) is 0 Å². The van der Waals surface area contributed by atoms with Gasteiger partial charge in [0, 0.05) is 19.7 Å². The molecule has 7 nitrogen and oxygen atoms in total. The monoisotopic (exact) mass is 288 g/mol.